The molecule has 6 heteroatoms. The van der Waals surface area contributed by atoms with Crippen LogP contribution >= 0.6 is 11.6 Å². The number of hydrogen-bond donors (Lipinski definition) is 1. The third-order valence-electron chi connectivity index (χ3n) is 1.93. The zero-order chi connectivity index (χ0) is 12.8. The molecule has 0 aliphatic carbocycles. The van der Waals surface area contributed by atoms with Crippen molar-refractivity contribution < 1.29 is 23.8 Å². The van der Waals surface area contributed by atoms with E-state index in [1.807, 2.05) is 0 Å². The summed E-state index contributed by atoms with van der Waals surface area (Å²) in [5.41, 5.74) is 0. The summed E-state index contributed by atoms with van der Waals surface area (Å²) in [6.07, 6.45) is -1.07. The SMILES string of the molecule is CCOC(COc1ccc(F)cc1Cl)C(=O)O. The van der Waals surface area contributed by atoms with Crippen LogP contribution in [-0.2, 0) is 9.53 Å². The minimum Gasteiger partial charge on any atom is -0.489 e. The molecule has 1 aromatic rings. The Bertz CT molecular complexity index is 397. The number of carboxylic acid groups (broad SMARTS) is 1. The van der Waals surface area contributed by atoms with Gasteiger partial charge >= 0.3 is 5.97 Å². The fourth-order valence-electron chi connectivity index (χ4n) is 1.15. The van der Waals surface area contributed by atoms with Crippen LogP contribution in [0.5, 0.6) is 5.75 Å². The molecule has 0 radical (unpaired) electrons. The molecule has 17 heavy (non-hydrogen) atoms. The Morgan fingerprint density at radius 1 is 1.59 bits per heavy atom. The van der Waals surface area contributed by atoms with Crippen LogP contribution in [-0.4, -0.2) is 30.4 Å². The summed E-state index contributed by atoms with van der Waals surface area (Å²) >= 11 is 5.72. The predicted molar refractivity (Wildman–Crippen MR) is 60.0 cm³/mol. The van der Waals surface area contributed by atoms with Gasteiger partial charge in [0.15, 0.2) is 6.10 Å². The van der Waals surface area contributed by atoms with E-state index in [9.17, 15) is 9.18 Å². The first-order chi connectivity index (χ1) is 8.04. The molecule has 0 saturated carbocycles. The van der Waals surface area contributed by atoms with Crippen LogP contribution in [0, 0.1) is 5.82 Å². The summed E-state index contributed by atoms with van der Waals surface area (Å²) in [7, 11) is 0. The average molecular weight is 263 g/mol. The van der Waals surface area contributed by atoms with E-state index in [0.717, 1.165) is 6.07 Å². The number of ether oxygens (including phenoxy) is 2. The third-order valence-corrected chi connectivity index (χ3v) is 2.22. The van der Waals surface area contributed by atoms with Gasteiger partial charge in [-0.25, -0.2) is 9.18 Å². The van der Waals surface area contributed by atoms with Crippen LogP contribution in [0.4, 0.5) is 4.39 Å². The van der Waals surface area contributed by atoms with Crippen molar-refractivity contribution in [2.24, 2.45) is 0 Å². The van der Waals surface area contributed by atoms with E-state index in [1.165, 1.54) is 12.1 Å². The summed E-state index contributed by atoms with van der Waals surface area (Å²) in [4.78, 5) is 10.8. The Morgan fingerprint density at radius 2 is 2.29 bits per heavy atom. The lowest BCUT2D eigenvalue weighted by atomic mass is 10.3. The summed E-state index contributed by atoms with van der Waals surface area (Å²) in [6, 6.07) is 3.60. The van der Waals surface area contributed by atoms with Gasteiger partial charge in [0.25, 0.3) is 0 Å². The van der Waals surface area contributed by atoms with Gasteiger partial charge in [-0.3, -0.25) is 0 Å². The number of hydrogen-bond acceptors (Lipinski definition) is 3. The highest BCUT2D eigenvalue weighted by Crippen LogP contribution is 2.25. The topological polar surface area (TPSA) is 55.8 Å². The van der Waals surface area contributed by atoms with E-state index in [4.69, 9.17) is 26.2 Å². The number of aliphatic carboxylic acids is 1. The van der Waals surface area contributed by atoms with E-state index in [0.29, 0.717) is 0 Å². The van der Waals surface area contributed by atoms with Crippen molar-refractivity contribution in [1.29, 1.82) is 0 Å². The molecule has 0 saturated heterocycles. The van der Waals surface area contributed by atoms with Crippen molar-refractivity contribution in [3.63, 3.8) is 0 Å². The molecule has 0 spiro atoms. The molecule has 0 aromatic heterocycles. The molecule has 1 atom stereocenters. The van der Waals surface area contributed by atoms with Gasteiger partial charge < -0.3 is 14.6 Å². The predicted octanol–water partition coefficient (Wildman–Crippen LogP) is 2.35. The Labute approximate surface area is 103 Å². The maximum atomic E-state index is 12.7. The molecule has 0 amide bonds. The molecule has 1 unspecified atom stereocenters. The largest absolute Gasteiger partial charge is 0.489 e. The first-order valence-electron chi connectivity index (χ1n) is 4.96. The van der Waals surface area contributed by atoms with E-state index >= 15 is 0 Å². The maximum Gasteiger partial charge on any atom is 0.336 e. The van der Waals surface area contributed by atoms with Crippen LogP contribution in [0.1, 0.15) is 6.92 Å². The van der Waals surface area contributed by atoms with Crippen LogP contribution in [0.15, 0.2) is 18.2 Å². The van der Waals surface area contributed by atoms with Gasteiger partial charge in [-0.1, -0.05) is 11.6 Å². The molecule has 0 fully saturated rings. The fraction of sp³-hybridized carbons (Fsp3) is 0.364. The van der Waals surface area contributed by atoms with E-state index < -0.39 is 17.9 Å². The van der Waals surface area contributed by atoms with Gasteiger partial charge in [-0.05, 0) is 25.1 Å². The van der Waals surface area contributed by atoms with Gasteiger partial charge in [-0.15, -0.1) is 0 Å². The summed E-state index contributed by atoms with van der Waals surface area (Å²) in [6.45, 7) is 1.76. The fourth-order valence-corrected chi connectivity index (χ4v) is 1.37. The number of rotatable bonds is 6. The van der Waals surface area contributed by atoms with Crippen LogP contribution < -0.4 is 4.74 Å². The molecular formula is C11H12ClFO4. The van der Waals surface area contributed by atoms with Gasteiger partial charge in [0.1, 0.15) is 18.2 Å². The molecule has 0 bridgehead atoms. The monoisotopic (exact) mass is 262 g/mol. The van der Waals surface area contributed by atoms with Gasteiger partial charge in [0.05, 0.1) is 5.02 Å². The Balaban J connectivity index is 2.62. The summed E-state index contributed by atoms with van der Waals surface area (Å²) in [5, 5.41) is 8.89. The highest BCUT2D eigenvalue weighted by atomic mass is 35.5. The van der Waals surface area contributed by atoms with Crippen LogP contribution in [0.2, 0.25) is 5.02 Å². The Hall–Kier alpha value is -1.33. The Morgan fingerprint density at radius 3 is 2.82 bits per heavy atom. The lowest BCUT2D eigenvalue weighted by molar-refractivity contribution is -0.152. The zero-order valence-electron chi connectivity index (χ0n) is 9.15. The molecule has 94 valence electrons. The first kappa shape index (κ1) is 13.7. The zero-order valence-corrected chi connectivity index (χ0v) is 9.91. The van der Waals surface area contributed by atoms with Gasteiger partial charge in [0.2, 0.25) is 0 Å². The smallest absolute Gasteiger partial charge is 0.336 e. The minimum atomic E-state index is -1.12. The second kappa shape index (κ2) is 6.42. The molecular weight excluding hydrogens is 251 g/mol. The first-order valence-corrected chi connectivity index (χ1v) is 5.34. The minimum absolute atomic E-state index is 0.0886. The highest BCUT2D eigenvalue weighted by Gasteiger charge is 2.18. The molecule has 1 N–H and O–H groups in total. The van der Waals surface area contributed by atoms with Crippen LogP contribution in [0.3, 0.4) is 0 Å². The van der Waals surface area contributed by atoms with Crippen molar-refractivity contribution in [3.05, 3.63) is 29.0 Å². The van der Waals surface area contributed by atoms with Gasteiger partial charge in [0, 0.05) is 6.61 Å². The van der Waals surface area contributed by atoms with E-state index in [2.05, 4.69) is 0 Å². The van der Waals surface area contributed by atoms with Crippen LogP contribution in [0.25, 0.3) is 0 Å². The van der Waals surface area contributed by atoms with Crippen molar-refractivity contribution in [2.75, 3.05) is 13.2 Å². The molecule has 4 nitrogen and oxygen atoms in total. The molecule has 0 aliphatic rings. The standard InChI is InChI=1S/C11H12ClFO4/c1-2-16-10(11(14)15)6-17-9-4-3-7(13)5-8(9)12/h3-5,10H,2,6H2,1H3,(H,14,15). The summed E-state index contributed by atoms with van der Waals surface area (Å²) in [5.74, 6) is -1.38. The lowest BCUT2D eigenvalue weighted by Crippen LogP contribution is -2.30. The van der Waals surface area contributed by atoms with E-state index in [-0.39, 0.29) is 24.0 Å². The maximum absolute atomic E-state index is 12.7. The third kappa shape index (κ3) is 4.20. The molecule has 1 aromatic carbocycles. The molecule has 0 heterocycles. The Kier molecular flexibility index (Phi) is 5.18. The number of carbonyl (C=O) groups is 1. The lowest BCUT2D eigenvalue weighted by Gasteiger charge is -2.14. The van der Waals surface area contributed by atoms with Crippen molar-refractivity contribution in [1.82, 2.24) is 0 Å². The van der Waals surface area contributed by atoms with E-state index in [1.54, 1.807) is 6.92 Å². The second-order valence-corrected chi connectivity index (χ2v) is 3.58. The number of benzene rings is 1. The molecule has 0 aliphatic heterocycles. The molecule has 1 rings (SSSR count). The second-order valence-electron chi connectivity index (χ2n) is 3.17. The highest BCUT2D eigenvalue weighted by molar-refractivity contribution is 6.32. The normalized spacial score (nSPS) is 12.2. The number of carboxylic acids is 1. The quantitative estimate of drug-likeness (QED) is 0.855. The number of halogens is 2. The van der Waals surface area contributed by atoms with Crippen molar-refractivity contribution in [2.45, 2.75) is 13.0 Å². The van der Waals surface area contributed by atoms with Gasteiger partial charge in [-0.2, -0.15) is 0 Å². The average Bonchev–Trinajstić information content (AvgIpc) is 2.25. The summed E-state index contributed by atoms with van der Waals surface area (Å²) < 4.78 is 22.8. The van der Waals surface area contributed by atoms with Crippen molar-refractivity contribution in [3.8, 4) is 5.75 Å². The van der Waals surface area contributed by atoms with Crippen molar-refractivity contribution >= 4 is 17.6 Å².